The third-order valence-electron chi connectivity index (χ3n) is 2.04. The van der Waals surface area contributed by atoms with Crippen LogP contribution in [0.25, 0.3) is 0 Å². The Kier molecular flexibility index (Phi) is 5.40. The molecule has 0 amide bonds. The van der Waals surface area contributed by atoms with Crippen molar-refractivity contribution in [1.29, 1.82) is 0 Å². The molecule has 4 N–H and O–H groups in total. The van der Waals surface area contributed by atoms with E-state index in [0.717, 1.165) is 0 Å². The van der Waals surface area contributed by atoms with Gasteiger partial charge in [-0.2, -0.15) is 0 Å². The summed E-state index contributed by atoms with van der Waals surface area (Å²) in [6, 6.07) is 4.93. The van der Waals surface area contributed by atoms with Crippen molar-refractivity contribution in [3.63, 3.8) is 0 Å². The number of hydrogen-bond acceptors (Lipinski definition) is 2. The Morgan fingerprint density at radius 2 is 2.06 bits per heavy atom. The molecule has 1 atom stereocenters. The molecule has 1 aromatic rings. The van der Waals surface area contributed by atoms with Crippen LogP contribution in [0.4, 0.5) is 5.69 Å². The number of thiocarbonyl (C=S) groups is 1. The Hall–Kier alpha value is -0.360. The molecule has 0 bridgehead atoms. The first kappa shape index (κ1) is 15.7. The van der Waals surface area contributed by atoms with Crippen LogP contribution in [0.1, 0.15) is 6.92 Å². The van der Waals surface area contributed by atoms with Crippen LogP contribution in [0.3, 0.4) is 0 Å². The summed E-state index contributed by atoms with van der Waals surface area (Å²) in [5.41, 5.74) is 0.458. The van der Waals surface area contributed by atoms with Crippen LogP contribution in [0, 0.1) is 0 Å². The molecule has 18 heavy (non-hydrogen) atoms. The Balaban J connectivity index is 2.71. The number of hydrogen-bond donors (Lipinski definition) is 4. The van der Waals surface area contributed by atoms with Crippen molar-refractivity contribution in [3.8, 4) is 0 Å². The molecule has 0 aliphatic heterocycles. The Morgan fingerprint density at radius 1 is 1.44 bits per heavy atom. The van der Waals surface area contributed by atoms with Crippen LogP contribution in [-0.4, -0.2) is 20.7 Å². The summed E-state index contributed by atoms with van der Waals surface area (Å²) >= 11 is 16.7. The first-order chi connectivity index (χ1) is 8.21. The molecule has 9 heteroatoms. The van der Waals surface area contributed by atoms with Gasteiger partial charge in [-0.05, 0) is 31.3 Å². The minimum atomic E-state index is -4.23. The van der Waals surface area contributed by atoms with Crippen LogP contribution in [-0.2, 0) is 4.57 Å². The van der Waals surface area contributed by atoms with E-state index in [9.17, 15) is 4.57 Å². The SMILES string of the molecule is C[C@@H](NC(=S)Nc1cccc(Cl)c1Cl)P(=O)(O)O. The van der Waals surface area contributed by atoms with Crippen molar-refractivity contribution in [2.45, 2.75) is 12.7 Å². The molecule has 1 rings (SSSR count). The van der Waals surface area contributed by atoms with E-state index < -0.39 is 13.4 Å². The van der Waals surface area contributed by atoms with Gasteiger partial charge >= 0.3 is 7.60 Å². The quantitative estimate of drug-likeness (QED) is 0.504. The molecule has 5 nitrogen and oxygen atoms in total. The van der Waals surface area contributed by atoms with Crippen molar-refractivity contribution in [1.82, 2.24) is 5.32 Å². The molecule has 0 spiro atoms. The van der Waals surface area contributed by atoms with Gasteiger partial charge in [0.2, 0.25) is 0 Å². The fourth-order valence-corrected chi connectivity index (χ4v) is 2.05. The van der Waals surface area contributed by atoms with Gasteiger partial charge in [0.15, 0.2) is 5.11 Å². The number of rotatable bonds is 3. The lowest BCUT2D eigenvalue weighted by molar-refractivity contribution is 0.357. The van der Waals surface area contributed by atoms with Crippen molar-refractivity contribution < 1.29 is 14.4 Å². The van der Waals surface area contributed by atoms with Gasteiger partial charge in [0.05, 0.1) is 15.7 Å². The maximum atomic E-state index is 10.9. The zero-order chi connectivity index (χ0) is 13.9. The van der Waals surface area contributed by atoms with Gasteiger partial charge in [0, 0.05) is 0 Å². The molecule has 0 fully saturated rings. The van der Waals surface area contributed by atoms with E-state index >= 15 is 0 Å². The molecule has 0 radical (unpaired) electrons. The predicted octanol–water partition coefficient (Wildman–Crippen LogP) is 2.80. The average molecular weight is 329 g/mol. The molecule has 0 aromatic heterocycles. The van der Waals surface area contributed by atoms with Crippen molar-refractivity contribution in [2.75, 3.05) is 5.32 Å². The zero-order valence-corrected chi connectivity index (χ0v) is 12.4. The van der Waals surface area contributed by atoms with E-state index in [4.69, 9.17) is 45.2 Å². The number of anilines is 1. The summed E-state index contributed by atoms with van der Waals surface area (Å²) in [5.74, 6) is -1.09. The van der Waals surface area contributed by atoms with Crippen LogP contribution in [0.2, 0.25) is 10.0 Å². The Bertz CT molecular complexity index is 509. The predicted molar refractivity (Wildman–Crippen MR) is 77.3 cm³/mol. The van der Waals surface area contributed by atoms with E-state index in [1.165, 1.54) is 6.92 Å². The maximum Gasteiger partial charge on any atom is 0.347 e. The molecule has 0 aliphatic rings. The molecule has 0 saturated carbocycles. The lowest BCUT2D eigenvalue weighted by Gasteiger charge is -2.18. The minimum absolute atomic E-state index is 0.0509. The smallest absolute Gasteiger partial charge is 0.347 e. The second kappa shape index (κ2) is 6.19. The van der Waals surface area contributed by atoms with E-state index in [2.05, 4.69) is 10.6 Å². The highest BCUT2D eigenvalue weighted by atomic mass is 35.5. The summed E-state index contributed by atoms with van der Waals surface area (Å²) in [7, 11) is -4.23. The first-order valence-corrected chi connectivity index (χ1v) is 7.63. The molecule has 0 unspecified atom stereocenters. The summed E-state index contributed by atoms with van der Waals surface area (Å²) < 4.78 is 10.9. The van der Waals surface area contributed by atoms with Crippen LogP contribution >= 0.6 is 43.0 Å². The molecule has 0 heterocycles. The number of halogens is 2. The number of nitrogens with one attached hydrogen (secondary N) is 2. The second-order valence-electron chi connectivity index (χ2n) is 3.46. The lowest BCUT2D eigenvalue weighted by atomic mass is 10.3. The lowest BCUT2D eigenvalue weighted by Crippen LogP contribution is -2.35. The van der Waals surface area contributed by atoms with Crippen LogP contribution < -0.4 is 10.6 Å². The third kappa shape index (κ3) is 4.39. The van der Waals surface area contributed by atoms with Gasteiger partial charge < -0.3 is 20.4 Å². The summed E-state index contributed by atoms with van der Waals surface area (Å²) in [4.78, 5) is 17.8. The van der Waals surface area contributed by atoms with Crippen LogP contribution in [0.5, 0.6) is 0 Å². The zero-order valence-electron chi connectivity index (χ0n) is 9.22. The highest BCUT2D eigenvalue weighted by Crippen LogP contribution is 2.39. The van der Waals surface area contributed by atoms with Crippen molar-refractivity contribution >= 4 is 53.8 Å². The Labute approximate surface area is 120 Å². The molecule has 100 valence electrons. The van der Waals surface area contributed by atoms with Gasteiger partial charge in [-0.25, -0.2) is 0 Å². The van der Waals surface area contributed by atoms with Gasteiger partial charge in [-0.15, -0.1) is 0 Å². The van der Waals surface area contributed by atoms with Crippen LogP contribution in [0.15, 0.2) is 18.2 Å². The highest BCUT2D eigenvalue weighted by Gasteiger charge is 2.24. The van der Waals surface area contributed by atoms with E-state index in [1.54, 1.807) is 18.2 Å². The summed E-state index contributed by atoms with van der Waals surface area (Å²) in [6.07, 6.45) is 0. The van der Waals surface area contributed by atoms with E-state index in [1.807, 2.05) is 0 Å². The topological polar surface area (TPSA) is 81.6 Å². The maximum absolute atomic E-state index is 10.9. The molecular formula is C9H11Cl2N2O3PS. The van der Waals surface area contributed by atoms with Gasteiger partial charge in [0.25, 0.3) is 0 Å². The van der Waals surface area contributed by atoms with E-state index in [0.29, 0.717) is 10.7 Å². The van der Waals surface area contributed by atoms with Gasteiger partial charge in [-0.3, -0.25) is 4.57 Å². The van der Waals surface area contributed by atoms with Crippen molar-refractivity contribution in [2.24, 2.45) is 0 Å². The number of benzene rings is 1. The Morgan fingerprint density at radius 3 is 2.61 bits per heavy atom. The highest BCUT2D eigenvalue weighted by molar-refractivity contribution is 7.80. The standard InChI is InChI=1S/C9H11Cl2N2O3PS/c1-5(17(14,15)16)12-9(18)13-7-4-2-3-6(10)8(7)11/h2-5H,1H3,(H2,12,13,18)(H2,14,15,16)/t5-/m0/s1. The largest absolute Gasteiger partial charge is 0.349 e. The molecule has 0 aliphatic carbocycles. The first-order valence-electron chi connectivity index (χ1n) is 4.78. The molecule has 1 aromatic carbocycles. The fraction of sp³-hybridized carbons (Fsp3) is 0.222. The second-order valence-corrected chi connectivity index (χ2v) is 6.61. The third-order valence-corrected chi connectivity index (χ3v) is 4.22. The van der Waals surface area contributed by atoms with Gasteiger partial charge in [0.1, 0.15) is 5.78 Å². The monoisotopic (exact) mass is 328 g/mol. The minimum Gasteiger partial charge on any atom is -0.349 e. The average Bonchev–Trinajstić information content (AvgIpc) is 2.23. The summed E-state index contributed by atoms with van der Waals surface area (Å²) in [6.45, 7) is 1.33. The van der Waals surface area contributed by atoms with Crippen molar-refractivity contribution in [3.05, 3.63) is 28.2 Å². The molecule has 0 saturated heterocycles. The van der Waals surface area contributed by atoms with Gasteiger partial charge in [-0.1, -0.05) is 29.3 Å². The fourth-order valence-electron chi connectivity index (χ4n) is 1.03. The molecular weight excluding hydrogens is 318 g/mol. The van der Waals surface area contributed by atoms with E-state index in [-0.39, 0.29) is 10.1 Å². The summed E-state index contributed by atoms with van der Waals surface area (Å²) in [5, 5.41) is 5.87. The normalized spacial score (nSPS) is 12.9.